The Morgan fingerprint density at radius 1 is 0.254 bits per heavy atom. The summed E-state index contributed by atoms with van der Waals surface area (Å²) in [6.07, 6.45) is 14.2. The molecule has 0 unspecified atom stereocenters. The van der Waals surface area contributed by atoms with Gasteiger partial charge in [0.2, 0.25) is 0 Å². The molecule has 130 heavy (non-hydrogen) atoms. The summed E-state index contributed by atoms with van der Waals surface area (Å²) in [5.74, 6) is 9.66. The topological polar surface area (TPSA) is 43.0 Å². The van der Waals surface area contributed by atoms with Crippen molar-refractivity contribution >= 4 is 101 Å². The number of anilines is 6. The number of rotatable bonds is 11. The maximum atomic E-state index is 6.88. The molecule has 8 fully saturated rings. The molecule has 2 aromatic heterocycles. The molecular formula is C122H91N3O3S2. The van der Waals surface area contributed by atoms with Gasteiger partial charge in [-0.2, -0.15) is 0 Å². The molecule has 0 amide bonds. The minimum atomic E-state index is 0.165. The van der Waals surface area contributed by atoms with Crippen LogP contribution in [-0.2, 0) is 10.8 Å². The van der Waals surface area contributed by atoms with Crippen molar-refractivity contribution in [1.29, 1.82) is 0 Å². The summed E-state index contributed by atoms with van der Waals surface area (Å²) in [6.45, 7) is 0. The van der Waals surface area contributed by atoms with Crippen LogP contribution in [0.25, 0.3) is 116 Å². The van der Waals surface area contributed by atoms with Crippen molar-refractivity contribution in [2.45, 2.75) is 94.6 Å². The molecule has 0 N–H and O–H groups in total. The maximum absolute atomic E-state index is 6.88. The average Bonchev–Trinajstić information content (AvgIpc) is 1.49. The second-order valence-corrected chi connectivity index (χ2v) is 40.8. The van der Waals surface area contributed by atoms with E-state index in [2.05, 4.69) is 384 Å². The van der Waals surface area contributed by atoms with Crippen molar-refractivity contribution < 1.29 is 13.9 Å². The van der Waals surface area contributed by atoms with Crippen LogP contribution in [0.3, 0.4) is 0 Å². The highest BCUT2D eigenvalue weighted by molar-refractivity contribution is 8.05. The van der Waals surface area contributed by atoms with Gasteiger partial charge in [0, 0.05) is 81.1 Å². The number of benzene rings is 17. The Hall–Kier alpha value is -13.8. The molecule has 12 aliphatic rings. The van der Waals surface area contributed by atoms with E-state index in [0.29, 0.717) is 11.5 Å². The quantitative estimate of drug-likeness (QED) is 0.128. The summed E-state index contributed by atoms with van der Waals surface area (Å²) in [6, 6.07) is 141. The van der Waals surface area contributed by atoms with Crippen molar-refractivity contribution in [3.63, 3.8) is 0 Å². The first-order chi connectivity index (χ1) is 64.3. The maximum Gasteiger partial charge on any atom is 0.172 e. The molecule has 2 spiro atoms. The van der Waals surface area contributed by atoms with E-state index in [4.69, 9.17) is 13.9 Å². The molecule has 8 saturated carbocycles. The third-order valence-electron chi connectivity index (χ3n) is 31.9. The van der Waals surface area contributed by atoms with E-state index in [1.807, 2.05) is 35.7 Å². The molecule has 2 aliphatic heterocycles. The lowest BCUT2D eigenvalue weighted by Crippen LogP contribution is -2.55. The molecule has 19 aromatic rings. The van der Waals surface area contributed by atoms with Crippen molar-refractivity contribution in [1.82, 2.24) is 4.57 Å². The Bertz CT molecular complexity index is 7730. The highest BCUT2D eigenvalue weighted by atomic mass is 32.2. The van der Waals surface area contributed by atoms with Crippen LogP contribution in [0.4, 0.5) is 34.1 Å². The molecule has 10 aliphatic carbocycles. The van der Waals surface area contributed by atoms with E-state index in [1.165, 1.54) is 167 Å². The van der Waals surface area contributed by atoms with Gasteiger partial charge in [-0.05, 0) is 346 Å². The van der Waals surface area contributed by atoms with Gasteiger partial charge in [0.15, 0.2) is 23.0 Å². The van der Waals surface area contributed by atoms with Crippen LogP contribution < -0.4 is 19.3 Å². The summed E-state index contributed by atoms with van der Waals surface area (Å²) < 4.78 is 22.3. The first-order valence-electron chi connectivity index (χ1n) is 47.0. The number of furan rings is 1. The molecule has 0 atom stereocenters. The van der Waals surface area contributed by atoms with Crippen LogP contribution in [0.1, 0.15) is 86.5 Å². The van der Waals surface area contributed by atoms with Crippen molar-refractivity contribution in [2.75, 3.05) is 9.80 Å². The molecule has 31 rings (SSSR count). The van der Waals surface area contributed by atoms with E-state index in [0.717, 1.165) is 126 Å². The van der Waals surface area contributed by atoms with Crippen LogP contribution >= 0.6 is 23.5 Å². The summed E-state index contributed by atoms with van der Waals surface area (Å²) in [7, 11) is 0. The lowest BCUT2D eigenvalue weighted by Gasteiger charge is -2.61. The Morgan fingerprint density at radius 2 is 0.646 bits per heavy atom. The number of nitrogens with zero attached hydrogens (tertiary/aromatic N) is 3. The van der Waals surface area contributed by atoms with Gasteiger partial charge in [0.05, 0.1) is 27.8 Å². The predicted molar refractivity (Wildman–Crippen MR) is 533 cm³/mol. The Morgan fingerprint density at radius 3 is 1.23 bits per heavy atom. The van der Waals surface area contributed by atoms with E-state index in [1.54, 1.807) is 22.3 Å². The fourth-order valence-electron chi connectivity index (χ4n) is 27.1. The average molecular weight is 1710 g/mol. The highest BCUT2D eigenvalue weighted by Crippen LogP contribution is 2.72. The Kier molecular flexibility index (Phi) is 17.0. The number of ether oxygens (including phenoxy) is 2. The summed E-state index contributed by atoms with van der Waals surface area (Å²) in [5, 5.41) is 4.74. The third-order valence-corrected chi connectivity index (χ3v) is 34.5. The zero-order valence-electron chi connectivity index (χ0n) is 71.9. The Balaban J connectivity index is 0.000000131. The molecule has 17 aromatic carbocycles. The largest absolute Gasteiger partial charge is 0.456 e. The fourth-order valence-corrected chi connectivity index (χ4v) is 29.4. The molecule has 624 valence electrons. The first kappa shape index (κ1) is 75.2. The standard InChI is InChI=1S/C64H48N2O2.C58H43NOS2/c1-2-10-42(11-3-1)43-18-22-48(23-19-43)65(49-24-26-50(27-25-49)66-58-16-8-5-13-53(58)54-14-6-9-17-59(54)66)51-28-31-61-63(39-51)68-62-38-45(21-30-60(62)67-61)44-20-29-57-55(37-44)52-12-4-7-15-56(52)64(57)46-33-40-32-41(35-46)36-47(64)34-40;1-2-9-37(10-3-1)38-17-21-43(22-18-38)59(50-14-8-16-52-57(50)46-12-5-7-15-51(46)60-52)44-23-26-54-56(34-44)62-55-33-40(20-25-53(55)61-54)39-19-24-49-47(32-39)45-11-4-6-13-48(45)58(49)41-28-35-27-36(30-41)31-42(58)29-35/h1-31,37-41,46-47H,32-36H2;1-26,32-36,41-42H,27-31H2. The van der Waals surface area contributed by atoms with Gasteiger partial charge >= 0.3 is 0 Å². The first-order valence-corrected chi connectivity index (χ1v) is 48.6. The van der Waals surface area contributed by atoms with Crippen LogP contribution in [0.15, 0.2) is 406 Å². The number of hydrogen-bond donors (Lipinski definition) is 0. The second kappa shape index (κ2) is 29.4. The SMILES string of the molecule is c1ccc(-c2ccc(N(c3ccc(-n4c5ccccc5c5ccccc54)cc3)c3ccc4c(c3)Oc3cc(-c5ccc6c(c5)-c5ccccc5C65C6CC7CC(C6)CC5C7)ccc3O4)cc2)cc1.c1ccc(-c2ccc(N(c3ccc4c(c3)Sc3cc(-c5ccc6c(c5)-c5ccccc5C65C6CC7CC(C6)CC5C7)ccc3S4)c3cccc4oc5ccccc5c34)cc2)cc1. The van der Waals surface area contributed by atoms with Crippen LogP contribution in [-0.4, -0.2) is 4.57 Å². The molecule has 0 radical (unpaired) electrons. The van der Waals surface area contributed by atoms with Gasteiger partial charge in [-0.3, -0.25) is 0 Å². The zero-order chi connectivity index (χ0) is 85.0. The monoisotopic (exact) mass is 1710 g/mol. The number of para-hydroxylation sites is 3. The fraction of sp³-hybridized carbons (Fsp3) is 0.164. The van der Waals surface area contributed by atoms with Gasteiger partial charge < -0.3 is 28.3 Å². The van der Waals surface area contributed by atoms with E-state index < -0.39 is 0 Å². The van der Waals surface area contributed by atoms with Gasteiger partial charge in [0.1, 0.15) is 11.2 Å². The minimum Gasteiger partial charge on any atom is -0.456 e. The van der Waals surface area contributed by atoms with E-state index in [-0.39, 0.29) is 10.8 Å². The molecule has 4 heterocycles. The van der Waals surface area contributed by atoms with Crippen molar-refractivity contribution in [2.24, 2.45) is 47.3 Å². The summed E-state index contributed by atoms with van der Waals surface area (Å²) in [5.41, 5.74) is 34.0. The summed E-state index contributed by atoms with van der Waals surface area (Å²) in [4.78, 5) is 9.92. The zero-order valence-corrected chi connectivity index (χ0v) is 73.6. The predicted octanol–water partition coefficient (Wildman–Crippen LogP) is 33.9. The molecule has 0 saturated heterocycles. The van der Waals surface area contributed by atoms with Crippen molar-refractivity contribution in [3.05, 3.63) is 404 Å². The van der Waals surface area contributed by atoms with Crippen LogP contribution in [0, 0.1) is 47.3 Å². The molecule has 8 bridgehead atoms. The van der Waals surface area contributed by atoms with Gasteiger partial charge in [0.25, 0.3) is 0 Å². The number of hydrogen-bond acceptors (Lipinski definition) is 7. The summed E-state index contributed by atoms with van der Waals surface area (Å²) >= 11 is 3.79. The van der Waals surface area contributed by atoms with Gasteiger partial charge in [-0.25, -0.2) is 0 Å². The number of aromatic nitrogens is 1. The third kappa shape index (κ3) is 11.6. The smallest absolute Gasteiger partial charge is 0.172 e. The lowest BCUT2D eigenvalue weighted by atomic mass is 9.43. The molecular weight excluding hydrogens is 1620 g/mol. The van der Waals surface area contributed by atoms with Crippen molar-refractivity contribution in [3.8, 4) is 95.4 Å². The molecule has 6 nitrogen and oxygen atoms in total. The highest BCUT2D eigenvalue weighted by Gasteiger charge is 2.63. The Labute approximate surface area is 765 Å². The van der Waals surface area contributed by atoms with E-state index >= 15 is 0 Å². The van der Waals surface area contributed by atoms with Gasteiger partial charge in [-0.15, -0.1) is 0 Å². The minimum absolute atomic E-state index is 0.165. The normalized spacial score (nSPS) is 21.8. The van der Waals surface area contributed by atoms with Gasteiger partial charge in [-0.1, -0.05) is 254 Å². The molecule has 8 heteroatoms. The lowest BCUT2D eigenvalue weighted by molar-refractivity contribution is -0.0399. The van der Waals surface area contributed by atoms with Crippen LogP contribution in [0.2, 0.25) is 0 Å². The van der Waals surface area contributed by atoms with E-state index in [9.17, 15) is 0 Å². The number of fused-ring (bicyclic) bond motifs is 16. The second-order valence-electron chi connectivity index (χ2n) is 38.6. The van der Waals surface area contributed by atoms with Crippen LogP contribution in [0.5, 0.6) is 23.0 Å².